The van der Waals surface area contributed by atoms with Gasteiger partial charge in [0.1, 0.15) is 0 Å². The van der Waals surface area contributed by atoms with Gasteiger partial charge in [-0.1, -0.05) is 31.2 Å². The summed E-state index contributed by atoms with van der Waals surface area (Å²) < 4.78 is 5.38. The van der Waals surface area contributed by atoms with Gasteiger partial charge < -0.3 is 15.4 Å². The first-order chi connectivity index (χ1) is 10.3. The third kappa shape index (κ3) is 5.46. The number of ether oxygens (including phenoxy) is 1. The van der Waals surface area contributed by atoms with Gasteiger partial charge in [0.15, 0.2) is 0 Å². The second kappa shape index (κ2) is 8.77. The lowest BCUT2D eigenvalue weighted by molar-refractivity contribution is -0.120. The fourth-order valence-electron chi connectivity index (χ4n) is 2.38. The largest absolute Gasteiger partial charge is 0.379 e. The predicted molar refractivity (Wildman–Crippen MR) is 82.9 cm³/mol. The Morgan fingerprint density at radius 1 is 1.24 bits per heavy atom. The van der Waals surface area contributed by atoms with E-state index in [9.17, 15) is 4.79 Å². The Balaban J connectivity index is 1.88. The maximum atomic E-state index is 11.7. The number of rotatable bonds is 7. The standard InChI is InChI=1S/C16H25N3O2/c1-2-17-12-16(20)18-11-14-5-3-4-6-15(14)13-19-7-9-21-10-8-19/h3-6,17H,2,7-13H2,1H3,(H,18,20). The van der Waals surface area contributed by atoms with E-state index in [2.05, 4.69) is 33.7 Å². The fourth-order valence-corrected chi connectivity index (χ4v) is 2.38. The summed E-state index contributed by atoms with van der Waals surface area (Å²) in [4.78, 5) is 14.1. The third-order valence-electron chi connectivity index (χ3n) is 3.63. The van der Waals surface area contributed by atoms with Crippen molar-refractivity contribution >= 4 is 5.91 Å². The molecule has 5 nitrogen and oxygen atoms in total. The van der Waals surface area contributed by atoms with Crippen molar-refractivity contribution < 1.29 is 9.53 Å². The summed E-state index contributed by atoms with van der Waals surface area (Å²) in [5.74, 6) is 0.0398. The maximum Gasteiger partial charge on any atom is 0.234 e. The number of likely N-dealkylation sites (N-methyl/N-ethyl adjacent to an activating group) is 1. The first kappa shape index (κ1) is 15.9. The Hall–Kier alpha value is -1.43. The minimum Gasteiger partial charge on any atom is -0.379 e. The normalized spacial score (nSPS) is 15.9. The molecule has 0 radical (unpaired) electrons. The molecule has 0 spiro atoms. The SMILES string of the molecule is CCNCC(=O)NCc1ccccc1CN1CCOCC1. The fraction of sp³-hybridized carbons (Fsp3) is 0.562. The molecule has 21 heavy (non-hydrogen) atoms. The van der Waals surface area contributed by atoms with E-state index in [1.165, 1.54) is 11.1 Å². The van der Waals surface area contributed by atoms with Crippen LogP contribution < -0.4 is 10.6 Å². The van der Waals surface area contributed by atoms with Crippen LogP contribution >= 0.6 is 0 Å². The molecule has 1 aliphatic heterocycles. The first-order valence-corrected chi connectivity index (χ1v) is 7.64. The van der Waals surface area contributed by atoms with Crippen LogP contribution in [0.5, 0.6) is 0 Å². The highest BCUT2D eigenvalue weighted by Gasteiger charge is 2.12. The van der Waals surface area contributed by atoms with Crippen molar-refractivity contribution in [2.75, 3.05) is 39.4 Å². The van der Waals surface area contributed by atoms with Crippen LogP contribution in [-0.2, 0) is 22.6 Å². The van der Waals surface area contributed by atoms with Crippen molar-refractivity contribution in [2.45, 2.75) is 20.0 Å². The highest BCUT2D eigenvalue weighted by atomic mass is 16.5. The summed E-state index contributed by atoms with van der Waals surface area (Å²) in [6, 6.07) is 8.30. The molecular formula is C16H25N3O2. The van der Waals surface area contributed by atoms with Gasteiger partial charge in [-0.3, -0.25) is 9.69 Å². The van der Waals surface area contributed by atoms with Crippen LogP contribution in [0.3, 0.4) is 0 Å². The molecule has 1 aromatic rings. The molecule has 0 aromatic heterocycles. The summed E-state index contributed by atoms with van der Waals surface area (Å²) in [6.07, 6.45) is 0. The minimum atomic E-state index is 0.0398. The molecule has 1 fully saturated rings. The van der Waals surface area contributed by atoms with Crippen LogP contribution in [0.15, 0.2) is 24.3 Å². The van der Waals surface area contributed by atoms with Crippen molar-refractivity contribution in [1.29, 1.82) is 0 Å². The Labute approximate surface area is 126 Å². The van der Waals surface area contributed by atoms with E-state index in [4.69, 9.17) is 4.74 Å². The molecule has 5 heteroatoms. The van der Waals surface area contributed by atoms with Crippen LogP contribution in [0.1, 0.15) is 18.1 Å². The topological polar surface area (TPSA) is 53.6 Å². The quantitative estimate of drug-likeness (QED) is 0.778. The van der Waals surface area contributed by atoms with Crippen molar-refractivity contribution in [3.63, 3.8) is 0 Å². The van der Waals surface area contributed by atoms with Gasteiger partial charge in [0, 0.05) is 26.2 Å². The molecule has 0 unspecified atom stereocenters. The van der Waals surface area contributed by atoms with E-state index in [0.29, 0.717) is 13.1 Å². The van der Waals surface area contributed by atoms with Gasteiger partial charge in [-0.05, 0) is 17.7 Å². The number of hydrogen-bond donors (Lipinski definition) is 2. The number of hydrogen-bond acceptors (Lipinski definition) is 4. The van der Waals surface area contributed by atoms with Crippen molar-refractivity contribution in [3.05, 3.63) is 35.4 Å². The lowest BCUT2D eigenvalue weighted by Crippen LogP contribution is -2.36. The zero-order chi connectivity index (χ0) is 14.9. The molecule has 116 valence electrons. The zero-order valence-electron chi connectivity index (χ0n) is 12.7. The monoisotopic (exact) mass is 291 g/mol. The van der Waals surface area contributed by atoms with E-state index >= 15 is 0 Å². The van der Waals surface area contributed by atoms with Gasteiger partial charge >= 0.3 is 0 Å². The number of nitrogens with one attached hydrogen (secondary N) is 2. The molecule has 0 aliphatic carbocycles. The molecule has 1 heterocycles. The first-order valence-electron chi connectivity index (χ1n) is 7.64. The van der Waals surface area contributed by atoms with Crippen LogP contribution in [0.4, 0.5) is 0 Å². The Bertz CT molecular complexity index is 445. The van der Waals surface area contributed by atoms with Crippen LogP contribution in [0.25, 0.3) is 0 Å². The molecule has 1 saturated heterocycles. The molecule has 1 amide bonds. The summed E-state index contributed by atoms with van der Waals surface area (Å²) in [5, 5.41) is 6.00. The van der Waals surface area contributed by atoms with Crippen LogP contribution in [-0.4, -0.2) is 50.2 Å². The van der Waals surface area contributed by atoms with Gasteiger partial charge in [-0.15, -0.1) is 0 Å². The Morgan fingerprint density at radius 2 is 1.95 bits per heavy atom. The smallest absolute Gasteiger partial charge is 0.234 e. The van der Waals surface area contributed by atoms with E-state index in [1.807, 2.05) is 13.0 Å². The molecule has 1 aromatic carbocycles. The molecule has 2 rings (SSSR count). The van der Waals surface area contributed by atoms with Crippen molar-refractivity contribution in [3.8, 4) is 0 Å². The summed E-state index contributed by atoms with van der Waals surface area (Å²) >= 11 is 0. The number of morpholine rings is 1. The molecule has 0 bridgehead atoms. The molecule has 0 atom stereocenters. The number of nitrogens with zero attached hydrogens (tertiary/aromatic N) is 1. The van der Waals surface area contributed by atoms with Gasteiger partial charge in [-0.25, -0.2) is 0 Å². The molecular weight excluding hydrogens is 266 g/mol. The van der Waals surface area contributed by atoms with Gasteiger partial charge in [0.2, 0.25) is 5.91 Å². The molecule has 2 N–H and O–H groups in total. The van der Waals surface area contributed by atoms with E-state index in [0.717, 1.165) is 39.4 Å². The predicted octanol–water partition coefficient (Wildman–Crippen LogP) is 0.745. The Kier molecular flexibility index (Phi) is 6.66. The van der Waals surface area contributed by atoms with Gasteiger partial charge in [-0.2, -0.15) is 0 Å². The lowest BCUT2D eigenvalue weighted by atomic mass is 10.1. The summed E-state index contributed by atoms with van der Waals surface area (Å²) in [7, 11) is 0. The zero-order valence-corrected chi connectivity index (χ0v) is 12.7. The summed E-state index contributed by atoms with van der Waals surface area (Å²) in [6.45, 7) is 8.24. The maximum absolute atomic E-state index is 11.7. The lowest BCUT2D eigenvalue weighted by Gasteiger charge is -2.27. The third-order valence-corrected chi connectivity index (χ3v) is 3.63. The van der Waals surface area contributed by atoms with Gasteiger partial charge in [0.25, 0.3) is 0 Å². The minimum absolute atomic E-state index is 0.0398. The number of carbonyl (C=O) groups excluding carboxylic acids is 1. The van der Waals surface area contributed by atoms with Gasteiger partial charge in [0.05, 0.1) is 19.8 Å². The Morgan fingerprint density at radius 3 is 2.67 bits per heavy atom. The average molecular weight is 291 g/mol. The summed E-state index contributed by atoms with van der Waals surface area (Å²) in [5.41, 5.74) is 2.47. The highest BCUT2D eigenvalue weighted by molar-refractivity contribution is 5.77. The number of benzene rings is 1. The number of carbonyl (C=O) groups is 1. The van der Waals surface area contributed by atoms with E-state index in [-0.39, 0.29) is 5.91 Å². The average Bonchev–Trinajstić information content (AvgIpc) is 2.53. The molecule has 1 aliphatic rings. The second-order valence-electron chi connectivity index (χ2n) is 5.21. The van der Waals surface area contributed by atoms with E-state index in [1.54, 1.807) is 0 Å². The van der Waals surface area contributed by atoms with E-state index < -0.39 is 0 Å². The molecule has 0 saturated carbocycles. The second-order valence-corrected chi connectivity index (χ2v) is 5.21. The van der Waals surface area contributed by atoms with Crippen molar-refractivity contribution in [1.82, 2.24) is 15.5 Å². The van der Waals surface area contributed by atoms with Crippen molar-refractivity contribution in [2.24, 2.45) is 0 Å². The number of amides is 1. The van der Waals surface area contributed by atoms with Crippen LogP contribution in [0, 0.1) is 0 Å². The van der Waals surface area contributed by atoms with Crippen LogP contribution in [0.2, 0.25) is 0 Å². The highest BCUT2D eigenvalue weighted by Crippen LogP contribution is 2.12.